The number of nitrogens with one attached hydrogen (secondary N) is 1. The lowest BCUT2D eigenvalue weighted by molar-refractivity contribution is -0.141. The molecule has 1 aromatic heterocycles. The van der Waals surface area contributed by atoms with Crippen molar-refractivity contribution < 1.29 is 38.7 Å². The molecule has 1 saturated carbocycles. The number of ether oxygens (including phenoxy) is 4. The van der Waals surface area contributed by atoms with Gasteiger partial charge < -0.3 is 34.1 Å². The second-order valence-corrected chi connectivity index (χ2v) is 13.1. The van der Waals surface area contributed by atoms with E-state index in [4.69, 9.17) is 18.9 Å². The lowest BCUT2D eigenvalue weighted by Crippen LogP contribution is -2.42. The maximum Gasteiger partial charge on any atom is 0.374 e. The Bertz CT molecular complexity index is 1750. The quantitative estimate of drug-likeness (QED) is 0.153. The summed E-state index contributed by atoms with van der Waals surface area (Å²) in [6.07, 6.45) is 9.39. The van der Waals surface area contributed by atoms with E-state index in [1.807, 2.05) is 24.4 Å². The van der Waals surface area contributed by atoms with Crippen LogP contribution in [-0.2, 0) is 27.4 Å². The fourth-order valence-electron chi connectivity index (χ4n) is 7.31. The van der Waals surface area contributed by atoms with Crippen molar-refractivity contribution in [2.24, 2.45) is 0 Å². The van der Waals surface area contributed by atoms with Crippen molar-refractivity contribution in [2.45, 2.75) is 103 Å². The maximum absolute atomic E-state index is 13.4. The molecule has 3 aliphatic rings. The van der Waals surface area contributed by atoms with Gasteiger partial charge in [-0.15, -0.1) is 0 Å². The first kappa shape index (κ1) is 32.8. The summed E-state index contributed by atoms with van der Waals surface area (Å²) in [5, 5.41) is 23.4. The highest BCUT2D eigenvalue weighted by Gasteiger charge is 2.44. The molecule has 0 radical (unpaired) electrons. The van der Waals surface area contributed by atoms with Crippen LogP contribution in [0.5, 0.6) is 17.2 Å². The molecule has 0 unspecified atom stereocenters. The first-order chi connectivity index (χ1) is 22.7. The molecule has 0 bridgehead atoms. The number of carbonyl (C=O) groups is 2. The Morgan fingerprint density at radius 2 is 1.94 bits per heavy atom. The number of unbranched alkanes of at least 4 members (excludes halogenated alkanes) is 3. The van der Waals surface area contributed by atoms with Crippen molar-refractivity contribution in [3.05, 3.63) is 70.1 Å². The third kappa shape index (κ3) is 6.19. The van der Waals surface area contributed by atoms with E-state index in [9.17, 15) is 19.8 Å². The molecule has 3 N–H and O–H groups in total. The van der Waals surface area contributed by atoms with Gasteiger partial charge in [-0.25, -0.2) is 4.79 Å². The topological polar surface area (TPSA) is 127 Å². The van der Waals surface area contributed by atoms with Crippen LogP contribution in [0, 0.1) is 0 Å². The van der Waals surface area contributed by atoms with Crippen molar-refractivity contribution in [3.8, 4) is 17.2 Å². The Morgan fingerprint density at radius 3 is 2.68 bits per heavy atom. The molecule has 3 aromatic rings. The number of aromatic nitrogens is 1. The zero-order valence-electron chi connectivity index (χ0n) is 27.7. The van der Waals surface area contributed by atoms with Gasteiger partial charge in [-0.1, -0.05) is 44.2 Å². The average Bonchev–Trinajstić information content (AvgIpc) is 3.73. The fraction of sp³-hybridized carbons (Fsp3) is 0.474. The SMILES string of the molecule is CCCCCC[C@](C)(O)[C@@H]1Cc2c(c(CO)c3c(c2OC)C(=C2CCC(=O)[C@H](c4ccc5[nH]ccc5c4)C2)C=C(C(=O)OCC)O3)O1. The van der Waals surface area contributed by atoms with Crippen LogP contribution in [0.4, 0.5) is 0 Å². The summed E-state index contributed by atoms with van der Waals surface area (Å²) in [5.74, 6) is 0.354. The van der Waals surface area contributed by atoms with Gasteiger partial charge in [-0.3, -0.25) is 4.79 Å². The number of esters is 1. The monoisotopic (exact) mass is 643 g/mol. The van der Waals surface area contributed by atoms with Crippen LogP contribution in [0.15, 0.2) is 47.9 Å². The van der Waals surface area contributed by atoms with E-state index in [0.717, 1.165) is 58.9 Å². The van der Waals surface area contributed by atoms with Gasteiger partial charge >= 0.3 is 5.97 Å². The van der Waals surface area contributed by atoms with Crippen LogP contribution in [0.25, 0.3) is 16.5 Å². The van der Waals surface area contributed by atoms with Crippen LogP contribution in [0.2, 0.25) is 0 Å². The zero-order chi connectivity index (χ0) is 33.3. The van der Waals surface area contributed by atoms with Crippen molar-refractivity contribution in [1.82, 2.24) is 4.98 Å². The number of allylic oxidation sites excluding steroid dienone is 3. The van der Waals surface area contributed by atoms with E-state index in [-0.39, 0.29) is 29.8 Å². The number of H-pyrrole nitrogens is 1. The molecule has 3 heterocycles. The van der Waals surface area contributed by atoms with Gasteiger partial charge in [0, 0.05) is 36.0 Å². The molecule has 250 valence electrons. The van der Waals surface area contributed by atoms with Gasteiger partial charge in [0.25, 0.3) is 0 Å². The molecule has 1 fully saturated rings. The van der Waals surface area contributed by atoms with Gasteiger partial charge in [-0.2, -0.15) is 0 Å². The highest BCUT2D eigenvalue weighted by molar-refractivity contribution is 5.98. The maximum atomic E-state index is 13.4. The molecule has 9 nitrogen and oxygen atoms in total. The number of rotatable bonds is 11. The molecule has 0 spiro atoms. The normalized spacial score (nSPS) is 21.7. The summed E-state index contributed by atoms with van der Waals surface area (Å²) >= 11 is 0. The predicted octanol–water partition coefficient (Wildman–Crippen LogP) is 6.82. The minimum Gasteiger partial charge on any atom is -0.496 e. The summed E-state index contributed by atoms with van der Waals surface area (Å²) < 4.78 is 24.1. The average molecular weight is 644 g/mol. The van der Waals surface area contributed by atoms with Gasteiger partial charge in [0.15, 0.2) is 0 Å². The largest absolute Gasteiger partial charge is 0.496 e. The second-order valence-electron chi connectivity index (χ2n) is 13.1. The van der Waals surface area contributed by atoms with Crippen molar-refractivity contribution in [1.29, 1.82) is 0 Å². The number of ketones is 1. The Kier molecular flexibility index (Phi) is 9.48. The van der Waals surface area contributed by atoms with Gasteiger partial charge in [-0.05, 0) is 73.9 Å². The number of aliphatic hydroxyl groups is 2. The molecule has 47 heavy (non-hydrogen) atoms. The van der Waals surface area contributed by atoms with Crippen LogP contribution >= 0.6 is 0 Å². The van der Waals surface area contributed by atoms with Crippen LogP contribution < -0.4 is 14.2 Å². The minimum absolute atomic E-state index is 0.0155. The smallest absolute Gasteiger partial charge is 0.374 e. The number of benzene rings is 2. The number of Topliss-reactive ketones (excluding diaryl/α,β-unsaturated/α-hetero) is 1. The first-order valence-corrected chi connectivity index (χ1v) is 16.8. The first-order valence-electron chi connectivity index (χ1n) is 16.8. The van der Waals surface area contributed by atoms with Crippen molar-refractivity contribution >= 4 is 28.2 Å². The van der Waals surface area contributed by atoms with Crippen LogP contribution in [0.1, 0.15) is 100 Å². The van der Waals surface area contributed by atoms with Crippen LogP contribution in [-0.4, -0.2) is 52.4 Å². The third-order valence-electron chi connectivity index (χ3n) is 9.90. The summed E-state index contributed by atoms with van der Waals surface area (Å²) in [7, 11) is 1.58. The Morgan fingerprint density at radius 1 is 1.11 bits per heavy atom. The van der Waals surface area contributed by atoms with E-state index in [1.165, 1.54) is 0 Å². The number of hydrogen-bond donors (Lipinski definition) is 3. The number of carbonyl (C=O) groups excluding carboxylic acids is 2. The standard InChI is InChI=1S/C38H45NO8/c1-5-7-8-9-15-38(3,43)32-20-27-34(47-32)28(21-40)36-33(35(27)44-4)26(19-31(46-36)37(42)45-6-2)23-11-13-30(41)25(18-23)22-10-12-29-24(17-22)14-16-39-29/h10,12,14,16-17,19,25,32,39-40,43H,5-9,11,13,15,18,20-21H2,1-4H3/t25-,32-,38-/m0/s1. The Labute approximate surface area is 275 Å². The number of methoxy groups -OCH3 is 1. The van der Waals surface area contributed by atoms with Gasteiger partial charge in [0.05, 0.1) is 37.1 Å². The molecule has 1 aliphatic carbocycles. The van der Waals surface area contributed by atoms with E-state index in [1.54, 1.807) is 27.0 Å². The third-order valence-corrected chi connectivity index (χ3v) is 9.90. The van der Waals surface area contributed by atoms with Crippen LogP contribution in [0.3, 0.4) is 0 Å². The predicted molar refractivity (Wildman–Crippen MR) is 179 cm³/mol. The van der Waals surface area contributed by atoms with E-state index < -0.39 is 24.3 Å². The lowest BCUT2D eigenvalue weighted by atomic mass is 9.76. The summed E-state index contributed by atoms with van der Waals surface area (Å²) in [5.41, 5.74) is 4.27. The summed E-state index contributed by atoms with van der Waals surface area (Å²) in [4.78, 5) is 29.7. The number of hydrogen-bond acceptors (Lipinski definition) is 8. The number of fused-ring (bicyclic) bond motifs is 3. The van der Waals surface area contributed by atoms with E-state index in [2.05, 4.69) is 18.0 Å². The lowest BCUT2D eigenvalue weighted by Gasteiger charge is -2.30. The number of aromatic amines is 1. The second kappa shape index (κ2) is 13.6. The molecule has 2 aliphatic heterocycles. The zero-order valence-corrected chi connectivity index (χ0v) is 27.7. The molecular weight excluding hydrogens is 598 g/mol. The van der Waals surface area contributed by atoms with Crippen molar-refractivity contribution in [2.75, 3.05) is 13.7 Å². The van der Waals surface area contributed by atoms with Gasteiger partial charge in [0.1, 0.15) is 29.1 Å². The summed E-state index contributed by atoms with van der Waals surface area (Å²) in [6.45, 7) is 5.42. The summed E-state index contributed by atoms with van der Waals surface area (Å²) in [6, 6.07) is 8.05. The molecule has 6 rings (SSSR count). The van der Waals surface area contributed by atoms with Crippen molar-refractivity contribution in [3.63, 3.8) is 0 Å². The van der Waals surface area contributed by atoms with E-state index >= 15 is 0 Å². The highest BCUT2D eigenvalue weighted by atomic mass is 16.6. The molecule has 3 atom stereocenters. The minimum atomic E-state index is -1.11. The molecule has 0 saturated heterocycles. The number of aliphatic hydroxyl groups excluding tert-OH is 1. The molecule has 0 amide bonds. The highest BCUT2D eigenvalue weighted by Crippen LogP contribution is 2.55. The Balaban J connectivity index is 1.46. The molecular formula is C38H45NO8. The molecule has 9 heteroatoms. The van der Waals surface area contributed by atoms with E-state index in [0.29, 0.717) is 54.7 Å². The van der Waals surface area contributed by atoms with Gasteiger partial charge in [0.2, 0.25) is 5.76 Å². The fourth-order valence-corrected chi connectivity index (χ4v) is 7.31. The molecule has 2 aromatic carbocycles. The Hall–Kier alpha value is -4.08.